The van der Waals surface area contributed by atoms with E-state index in [9.17, 15) is 19.5 Å². The van der Waals surface area contributed by atoms with Gasteiger partial charge < -0.3 is 14.9 Å². The molecular weight excluding hydrogens is 465 g/mol. The number of aromatic carboxylic acids is 1. The molecule has 4 aromatic heterocycles. The Kier molecular flexibility index (Phi) is 5.12. The van der Waals surface area contributed by atoms with Crippen molar-refractivity contribution in [3.63, 3.8) is 0 Å². The lowest BCUT2D eigenvalue weighted by atomic mass is 10.1. The SMILES string of the molecule is CN(C)C(=O)c1cnn(C2CN(c3nc4c(cc3F)c(=O)c(C(=O)O)cn4-c3nccs3)C2)c1. The predicted octanol–water partition coefficient (Wildman–Crippen LogP) is 1.64. The Labute approximate surface area is 195 Å². The quantitative estimate of drug-likeness (QED) is 0.454. The molecule has 0 aromatic carbocycles. The summed E-state index contributed by atoms with van der Waals surface area (Å²) in [7, 11) is 3.31. The number of carboxylic acids is 1. The zero-order valence-electron chi connectivity index (χ0n) is 18.0. The van der Waals surface area contributed by atoms with Crippen molar-refractivity contribution >= 4 is 40.1 Å². The molecule has 0 bridgehead atoms. The van der Waals surface area contributed by atoms with Gasteiger partial charge in [0, 0.05) is 51.2 Å². The molecule has 1 aliphatic heterocycles. The number of fused-ring (bicyclic) bond motifs is 1. The number of aromatic nitrogens is 5. The third-order valence-corrected chi connectivity index (χ3v) is 6.33. The molecule has 1 aliphatic rings. The number of carbonyl (C=O) groups is 2. The molecule has 1 N–H and O–H groups in total. The van der Waals surface area contributed by atoms with Gasteiger partial charge in [0.2, 0.25) is 5.43 Å². The van der Waals surface area contributed by atoms with Crippen LogP contribution in [-0.4, -0.2) is 73.4 Å². The third kappa shape index (κ3) is 3.50. The molecule has 1 saturated heterocycles. The second-order valence-corrected chi connectivity index (χ2v) is 8.87. The standard InChI is InChI=1S/C21H18FN7O4S/c1-26(2)19(31)11-6-24-29(7-11)12-8-27(9-12)18-15(22)5-13-16(30)14(20(32)33)10-28(17(13)25-18)21-23-3-4-34-21/h3-7,10,12H,8-9H2,1-2H3,(H,32,33). The molecule has 5 heterocycles. The van der Waals surface area contributed by atoms with Crippen molar-refractivity contribution in [3.05, 3.63) is 63.4 Å². The first kappa shape index (κ1) is 21.7. The molecular formula is C21H18FN7O4S. The Hall–Kier alpha value is -4.13. The van der Waals surface area contributed by atoms with Crippen LogP contribution in [0.4, 0.5) is 10.2 Å². The number of nitrogens with zero attached hydrogens (tertiary/aromatic N) is 7. The minimum absolute atomic E-state index is 0.0354. The van der Waals surface area contributed by atoms with E-state index in [-0.39, 0.29) is 28.8 Å². The third-order valence-electron chi connectivity index (χ3n) is 5.56. The highest BCUT2D eigenvalue weighted by molar-refractivity contribution is 7.12. The topological polar surface area (TPSA) is 126 Å². The zero-order valence-corrected chi connectivity index (χ0v) is 18.9. The Morgan fingerprint density at radius 2 is 2.03 bits per heavy atom. The van der Waals surface area contributed by atoms with Crippen molar-refractivity contribution in [3.8, 4) is 5.13 Å². The minimum Gasteiger partial charge on any atom is -0.477 e. The summed E-state index contributed by atoms with van der Waals surface area (Å²) in [5.74, 6) is -2.28. The van der Waals surface area contributed by atoms with Crippen LogP contribution in [0.25, 0.3) is 16.2 Å². The molecule has 0 radical (unpaired) electrons. The van der Waals surface area contributed by atoms with Gasteiger partial charge in [0.25, 0.3) is 5.91 Å². The Morgan fingerprint density at radius 3 is 2.68 bits per heavy atom. The predicted molar refractivity (Wildman–Crippen MR) is 121 cm³/mol. The number of pyridine rings is 2. The summed E-state index contributed by atoms with van der Waals surface area (Å²) < 4.78 is 18.1. The van der Waals surface area contributed by atoms with Crippen LogP contribution in [0, 0.1) is 5.82 Å². The van der Waals surface area contributed by atoms with Gasteiger partial charge in [0.1, 0.15) is 5.56 Å². The maximum atomic E-state index is 15.0. The van der Waals surface area contributed by atoms with E-state index in [0.717, 1.165) is 12.3 Å². The molecule has 11 nitrogen and oxygen atoms in total. The van der Waals surface area contributed by atoms with Crippen molar-refractivity contribution in [1.82, 2.24) is 29.2 Å². The average Bonchev–Trinajstić information content (AvgIpc) is 3.45. The van der Waals surface area contributed by atoms with E-state index in [0.29, 0.717) is 23.8 Å². The second kappa shape index (κ2) is 8.02. The van der Waals surface area contributed by atoms with E-state index in [4.69, 9.17) is 0 Å². The van der Waals surface area contributed by atoms with Crippen LogP contribution in [0.2, 0.25) is 0 Å². The normalized spacial score (nSPS) is 13.8. The van der Waals surface area contributed by atoms with Crippen molar-refractivity contribution in [1.29, 1.82) is 0 Å². The summed E-state index contributed by atoms with van der Waals surface area (Å²) in [4.78, 5) is 48.1. The van der Waals surface area contributed by atoms with E-state index in [1.165, 1.54) is 33.2 Å². The summed E-state index contributed by atoms with van der Waals surface area (Å²) in [5.41, 5.74) is -0.741. The number of rotatable bonds is 5. The van der Waals surface area contributed by atoms with Crippen molar-refractivity contribution in [2.24, 2.45) is 0 Å². The molecule has 5 rings (SSSR count). The summed E-state index contributed by atoms with van der Waals surface area (Å²) in [6, 6.07) is 0.933. The zero-order chi connectivity index (χ0) is 24.1. The molecule has 0 unspecified atom stereocenters. The fourth-order valence-electron chi connectivity index (χ4n) is 3.77. The van der Waals surface area contributed by atoms with Crippen LogP contribution in [-0.2, 0) is 0 Å². The van der Waals surface area contributed by atoms with Gasteiger partial charge in [-0.15, -0.1) is 11.3 Å². The molecule has 1 fully saturated rings. The van der Waals surface area contributed by atoms with Gasteiger partial charge in [-0.2, -0.15) is 5.10 Å². The van der Waals surface area contributed by atoms with E-state index in [1.54, 1.807) is 35.3 Å². The van der Waals surface area contributed by atoms with Crippen LogP contribution in [0.1, 0.15) is 26.8 Å². The first-order valence-electron chi connectivity index (χ1n) is 10.1. The molecule has 0 saturated carbocycles. The summed E-state index contributed by atoms with van der Waals surface area (Å²) >= 11 is 1.23. The maximum Gasteiger partial charge on any atom is 0.341 e. The molecule has 174 valence electrons. The highest BCUT2D eigenvalue weighted by Crippen LogP contribution is 2.30. The molecule has 34 heavy (non-hydrogen) atoms. The Morgan fingerprint density at radius 1 is 1.26 bits per heavy atom. The second-order valence-electron chi connectivity index (χ2n) is 7.99. The summed E-state index contributed by atoms with van der Waals surface area (Å²) in [6.45, 7) is 0.781. The highest BCUT2D eigenvalue weighted by atomic mass is 32.1. The molecule has 0 spiro atoms. The number of carboxylic acid groups (broad SMARTS) is 1. The number of hydrogen-bond acceptors (Lipinski definition) is 8. The number of amides is 1. The fourth-order valence-corrected chi connectivity index (χ4v) is 4.39. The fraction of sp³-hybridized carbons (Fsp3) is 0.238. The van der Waals surface area contributed by atoms with E-state index < -0.39 is 22.8 Å². The van der Waals surface area contributed by atoms with Gasteiger partial charge in [0.15, 0.2) is 22.4 Å². The Balaban J connectivity index is 1.50. The monoisotopic (exact) mass is 483 g/mol. The van der Waals surface area contributed by atoms with Gasteiger partial charge in [-0.3, -0.25) is 18.8 Å². The molecule has 1 amide bonds. The number of anilines is 1. The first-order valence-corrected chi connectivity index (χ1v) is 11.0. The van der Waals surface area contributed by atoms with Gasteiger partial charge in [-0.1, -0.05) is 0 Å². The van der Waals surface area contributed by atoms with Gasteiger partial charge in [-0.25, -0.2) is 19.2 Å². The smallest absolute Gasteiger partial charge is 0.341 e. The van der Waals surface area contributed by atoms with E-state index in [1.807, 2.05) is 0 Å². The number of thiazole rings is 1. The molecule has 13 heteroatoms. The molecule has 4 aromatic rings. The molecule has 0 aliphatic carbocycles. The van der Waals surface area contributed by atoms with E-state index >= 15 is 4.39 Å². The van der Waals surface area contributed by atoms with Crippen molar-refractivity contribution < 1.29 is 19.1 Å². The maximum absolute atomic E-state index is 15.0. The minimum atomic E-state index is -1.42. The van der Waals surface area contributed by atoms with Gasteiger partial charge >= 0.3 is 5.97 Å². The van der Waals surface area contributed by atoms with Crippen LogP contribution >= 0.6 is 11.3 Å². The van der Waals surface area contributed by atoms with Crippen molar-refractivity contribution in [2.45, 2.75) is 6.04 Å². The lowest BCUT2D eigenvalue weighted by Gasteiger charge is -2.40. The lowest BCUT2D eigenvalue weighted by Crippen LogP contribution is -2.48. The molecule has 0 atom stereocenters. The van der Waals surface area contributed by atoms with Crippen LogP contribution in [0.15, 0.2) is 41.0 Å². The van der Waals surface area contributed by atoms with Crippen LogP contribution in [0.5, 0.6) is 0 Å². The van der Waals surface area contributed by atoms with Crippen LogP contribution < -0.4 is 10.3 Å². The number of hydrogen-bond donors (Lipinski definition) is 1. The highest BCUT2D eigenvalue weighted by Gasteiger charge is 2.33. The summed E-state index contributed by atoms with van der Waals surface area (Å²) in [5, 5.41) is 15.6. The average molecular weight is 483 g/mol. The van der Waals surface area contributed by atoms with E-state index in [2.05, 4.69) is 15.1 Å². The summed E-state index contributed by atoms with van der Waals surface area (Å²) in [6.07, 6.45) is 5.84. The van der Waals surface area contributed by atoms with Crippen LogP contribution in [0.3, 0.4) is 0 Å². The number of carbonyl (C=O) groups excluding carboxylic acids is 1. The lowest BCUT2D eigenvalue weighted by molar-refractivity contribution is 0.0694. The van der Waals surface area contributed by atoms with Gasteiger partial charge in [0.05, 0.1) is 23.2 Å². The Bertz CT molecular complexity index is 1490. The first-order chi connectivity index (χ1) is 16.2. The van der Waals surface area contributed by atoms with Gasteiger partial charge in [-0.05, 0) is 6.07 Å². The number of halogens is 1. The van der Waals surface area contributed by atoms with Crippen molar-refractivity contribution in [2.75, 3.05) is 32.1 Å². The largest absolute Gasteiger partial charge is 0.477 e.